The van der Waals surface area contributed by atoms with Gasteiger partial charge in [-0.3, -0.25) is 9.59 Å². The molecule has 4 nitrogen and oxygen atoms in total. The Labute approximate surface area is 87.1 Å². The van der Waals surface area contributed by atoms with Crippen molar-refractivity contribution in [3.05, 3.63) is 28.8 Å². The van der Waals surface area contributed by atoms with Crippen LogP contribution in [0.2, 0.25) is 0 Å². The molecule has 0 fully saturated rings. The molecular formula is C11H9NO3. The van der Waals surface area contributed by atoms with Gasteiger partial charge < -0.3 is 4.74 Å². The molecule has 4 heteroatoms. The monoisotopic (exact) mass is 203 g/mol. The number of hydrogen-bond donors (Lipinski definition) is 0. The summed E-state index contributed by atoms with van der Waals surface area (Å²) in [6.45, 7) is 1.33. The van der Waals surface area contributed by atoms with E-state index < -0.39 is 0 Å². The fourth-order valence-electron chi connectivity index (χ4n) is 1.34. The Kier molecular flexibility index (Phi) is 3.19. The van der Waals surface area contributed by atoms with Crippen LogP contribution in [0.5, 0.6) is 5.75 Å². The summed E-state index contributed by atoms with van der Waals surface area (Å²) in [5.74, 6) is 0.0109. The van der Waals surface area contributed by atoms with Crippen molar-refractivity contribution in [2.24, 2.45) is 0 Å². The molecule has 0 radical (unpaired) electrons. The van der Waals surface area contributed by atoms with Gasteiger partial charge in [-0.25, -0.2) is 0 Å². The summed E-state index contributed by atoms with van der Waals surface area (Å²) < 4.78 is 4.96. The molecule has 0 saturated heterocycles. The molecule has 0 heterocycles. The second kappa shape index (κ2) is 4.38. The lowest BCUT2D eigenvalue weighted by Crippen LogP contribution is -2.04. The van der Waals surface area contributed by atoms with Gasteiger partial charge in [-0.15, -0.1) is 0 Å². The molecule has 0 aliphatic carbocycles. The molecule has 0 bridgehead atoms. The standard InChI is InChI=1S/C11H9NO3/c1-7(14)11-9(5-12)8(6-13)3-4-10(11)15-2/h3-4,6H,1-2H3. The Hall–Kier alpha value is -2.15. The van der Waals surface area contributed by atoms with Crippen molar-refractivity contribution in [3.63, 3.8) is 0 Å². The summed E-state index contributed by atoms with van der Waals surface area (Å²) in [5, 5.41) is 8.88. The Morgan fingerprint density at radius 1 is 1.53 bits per heavy atom. The number of carbonyl (C=O) groups excluding carboxylic acids is 2. The predicted octanol–water partition coefficient (Wildman–Crippen LogP) is 1.58. The van der Waals surface area contributed by atoms with E-state index in [1.54, 1.807) is 0 Å². The lowest BCUT2D eigenvalue weighted by atomic mass is 9.99. The van der Waals surface area contributed by atoms with Gasteiger partial charge in [-0.1, -0.05) is 0 Å². The van der Waals surface area contributed by atoms with Gasteiger partial charge in [0.1, 0.15) is 11.8 Å². The largest absolute Gasteiger partial charge is 0.496 e. The van der Waals surface area contributed by atoms with Crippen molar-refractivity contribution in [3.8, 4) is 11.8 Å². The topological polar surface area (TPSA) is 67.2 Å². The van der Waals surface area contributed by atoms with Gasteiger partial charge >= 0.3 is 0 Å². The molecular weight excluding hydrogens is 194 g/mol. The number of carbonyl (C=O) groups is 2. The summed E-state index contributed by atoms with van der Waals surface area (Å²) in [5.41, 5.74) is 0.421. The minimum Gasteiger partial charge on any atom is -0.496 e. The third-order valence-electron chi connectivity index (χ3n) is 2.01. The summed E-state index contributed by atoms with van der Waals surface area (Å²) in [6.07, 6.45) is 0.546. The Morgan fingerprint density at radius 2 is 2.20 bits per heavy atom. The van der Waals surface area contributed by atoms with Crippen LogP contribution in [0.1, 0.15) is 33.2 Å². The summed E-state index contributed by atoms with van der Waals surface area (Å²) in [4.78, 5) is 22.0. The fourth-order valence-corrected chi connectivity index (χ4v) is 1.34. The number of aldehydes is 1. The van der Waals surface area contributed by atoms with E-state index in [0.717, 1.165) is 0 Å². The molecule has 1 aromatic carbocycles. The van der Waals surface area contributed by atoms with E-state index in [-0.39, 0.29) is 22.5 Å². The lowest BCUT2D eigenvalue weighted by Gasteiger charge is -2.08. The minimum atomic E-state index is -0.299. The number of rotatable bonds is 3. The third-order valence-corrected chi connectivity index (χ3v) is 2.01. The molecule has 0 N–H and O–H groups in total. The molecule has 0 unspecified atom stereocenters. The maximum atomic E-state index is 11.3. The molecule has 15 heavy (non-hydrogen) atoms. The molecule has 0 amide bonds. The number of nitriles is 1. The number of hydrogen-bond acceptors (Lipinski definition) is 4. The molecule has 0 aliphatic rings. The number of benzene rings is 1. The first-order chi connectivity index (χ1) is 7.15. The molecule has 0 aromatic heterocycles. The molecule has 1 rings (SSSR count). The molecule has 76 valence electrons. The SMILES string of the molecule is COc1ccc(C=O)c(C#N)c1C(C)=O. The minimum absolute atomic E-state index is 0.0665. The maximum absolute atomic E-state index is 11.3. The van der Waals surface area contributed by atoms with Crippen molar-refractivity contribution in [1.29, 1.82) is 5.26 Å². The van der Waals surface area contributed by atoms with E-state index in [1.807, 2.05) is 6.07 Å². The van der Waals surface area contributed by atoms with E-state index in [9.17, 15) is 9.59 Å². The van der Waals surface area contributed by atoms with E-state index in [2.05, 4.69) is 0 Å². The first-order valence-corrected chi connectivity index (χ1v) is 4.23. The Bertz CT molecular complexity index is 458. The predicted molar refractivity (Wildman–Crippen MR) is 53.1 cm³/mol. The van der Waals surface area contributed by atoms with E-state index in [0.29, 0.717) is 12.0 Å². The number of methoxy groups -OCH3 is 1. The first-order valence-electron chi connectivity index (χ1n) is 4.23. The van der Waals surface area contributed by atoms with Crippen LogP contribution in [0, 0.1) is 11.3 Å². The Morgan fingerprint density at radius 3 is 2.60 bits per heavy atom. The van der Waals surface area contributed by atoms with E-state index in [1.165, 1.54) is 26.2 Å². The summed E-state index contributed by atoms with van der Waals surface area (Å²) >= 11 is 0. The lowest BCUT2D eigenvalue weighted by molar-refractivity contribution is 0.101. The van der Waals surface area contributed by atoms with Crippen molar-refractivity contribution in [2.45, 2.75) is 6.92 Å². The van der Waals surface area contributed by atoms with Gasteiger partial charge in [0.2, 0.25) is 0 Å². The van der Waals surface area contributed by atoms with Gasteiger partial charge in [0.25, 0.3) is 0 Å². The fraction of sp³-hybridized carbons (Fsp3) is 0.182. The van der Waals surface area contributed by atoms with Crippen LogP contribution in [0.25, 0.3) is 0 Å². The van der Waals surface area contributed by atoms with Crippen molar-refractivity contribution < 1.29 is 14.3 Å². The van der Waals surface area contributed by atoms with E-state index >= 15 is 0 Å². The van der Waals surface area contributed by atoms with Gasteiger partial charge in [-0.05, 0) is 19.1 Å². The number of Topliss-reactive ketones (excluding diaryl/α,β-unsaturated/α-hetero) is 1. The van der Waals surface area contributed by atoms with Crippen LogP contribution in [-0.2, 0) is 0 Å². The van der Waals surface area contributed by atoms with Crippen LogP contribution in [0.15, 0.2) is 12.1 Å². The highest BCUT2D eigenvalue weighted by atomic mass is 16.5. The zero-order valence-corrected chi connectivity index (χ0v) is 8.40. The molecule has 0 spiro atoms. The number of ketones is 1. The zero-order valence-electron chi connectivity index (χ0n) is 8.40. The van der Waals surface area contributed by atoms with Crippen LogP contribution in [0.4, 0.5) is 0 Å². The maximum Gasteiger partial charge on any atom is 0.164 e. The average molecular weight is 203 g/mol. The zero-order chi connectivity index (χ0) is 11.4. The molecule has 0 saturated carbocycles. The second-order valence-corrected chi connectivity index (χ2v) is 2.89. The highest BCUT2D eigenvalue weighted by Crippen LogP contribution is 2.24. The molecule has 0 atom stereocenters. The highest BCUT2D eigenvalue weighted by Gasteiger charge is 2.16. The molecule has 0 aliphatic heterocycles. The number of ether oxygens (including phenoxy) is 1. The van der Waals surface area contributed by atoms with Crippen LogP contribution in [0.3, 0.4) is 0 Å². The van der Waals surface area contributed by atoms with Crippen LogP contribution >= 0.6 is 0 Å². The van der Waals surface area contributed by atoms with E-state index in [4.69, 9.17) is 10.00 Å². The normalized spacial score (nSPS) is 9.13. The van der Waals surface area contributed by atoms with Crippen molar-refractivity contribution in [2.75, 3.05) is 7.11 Å². The quantitative estimate of drug-likeness (QED) is 0.552. The van der Waals surface area contributed by atoms with Gasteiger partial charge in [0.05, 0.1) is 18.2 Å². The van der Waals surface area contributed by atoms with Crippen molar-refractivity contribution in [1.82, 2.24) is 0 Å². The third kappa shape index (κ3) is 1.86. The first kappa shape index (κ1) is 10.9. The second-order valence-electron chi connectivity index (χ2n) is 2.89. The summed E-state index contributed by atoms with van der Waals surface area (Å²) in [7, 11) is 1.41. The smallest absolute Gasteiger partial charge is 0.164 e. The number of nitrogens with zero attached hydrogens (tertiary/aromatic N) is 1. The van der Waals surface area contributed by atoms with Gasteiger partial charge in [-0.2, -0.15) is 5.26 Å². The summed E-state index contributed by atoms with van der Waals surface area (Å²) in [6, 6.07) is 4.80. The Balaban J connectivity index is 3.60. The van der Waals surface area contributed by atoms with Crippen LogP contribution in [-0.4, -0.2) is 19.2 Å². The van der Waals surface area contributed by atoms with Crippen LogP contribution < -0.4 is 4.74 Å². The average Bonchev–Trinajstić information content (AvgIpc) is 2.26. The van der Waals surface area contributed by atoms with Gasteiger partial charge in [0.15, 0.2) is 12.1 Å². The molecule has 1 aromatic rings. The highest BCUT2D eigenvalue weighted by molar-refractivity contribution is 6.01. The van der Waals surface area contributed by atoms with Crippen molar-refractivity contribution >= 4 is 12.1 Å². The van der Waals surface area contributed by atoms with Gasteiger partial charge in [0, 0.05) is 5.56 Å².